The average molecular weight is 346 g/mol. The highest BCUT2D eigenvalue weighted by Gasteiger charge is 2.22. The number of para-hydroxylation sites is 2. The summed E-state index contributed by atoms with van der Waals surface area (Å²) in [5, 5.41) is 5.88. The zero-order valence-corrected chi connectivity index (χ0v) is 15.4. The lowest BCUT2D eigenvalue weighted by Crippen LogP contribution is -2.38. The highest BCUT2D eigenvalue weighted by Crippen LogP contribution is 2.31. The van der Waals surface area contributed by atoms with Crippen LogP contribution in [0.25, 0.3) is 0 Å². The van der Waals surface area contributed by atoms with Crippen molar-refractivity contribution < 1.29 is 9.59 Å². The number of carbonyl (C=O) groups is 2. The topological polar surface area (TPSA) is 64.7 Å². The summed E-state index contributed by atoms with van der Waals surface area (Å²) in [6, 6.07) is 8.03. The molecule has 0 spiro atoms. The van der Waals surface area contributed by atoms with Gasteiger partial charge in [-0.25, -0.2) is 0 Å². The summed E-state index contributed by atoms with van der Waals surface area (Å²) in [6.07, 6.45) is 2.78. The van der Waals surface area contributed by atoms with Crippen LogP contribution in [0.4, 0.5) is 11.4 Å². The number of amides is 2. The van der Waals surface area contributed by atoms with Crippen molar-refractivity contribution in [2.45, 2.75) is 33.1 Å². The Labute approximate surface area is 150 Å². The smallest absolute Gasteiger partial charge is 0.239 e. The van der Waals surface area contributed by atoms with E-state index in [1.165, 1.54) is 0 Å². The van der Waals surface area contributed by atoms with Crippen LogP contribution >= 0.6 is 0 Å². The van der Waals surface area contributed by atoms with Crippen molar-refractivity contribution >= 4 is 23.2 Å². The molecule has 0 radical (unpaired) electrons. The number of anilines is 2. The third-order valence-electron chi connectivity index (χ3n) is 4.23. The van der Waals surface area contributed by atoms with Gasteiger partial charge in [0.15, 0.2) is 0 Å². The van der Waals surface area contributed by atoms with Crippen LogP contribution in [-0.4, -0.2) is 51.1 Å². The summed E-state index contributed by atoms with van der Waals surface area (Å²) < 4.78 is 0. The third-order valence-corrected chi connectivity index (χ3v) is 4.23. The van der Waals surface area contributed by atoms with Crippen LogP contribution < -0.4 is 20.4 Å². The lowest BCUT2D eigenvalue weighted by Gasteiger charge is -2.27. The molecule has 1 aliphatic heterocycles. The molecule has 0 unspecified atom stereocenters. The largest absolute Gasteiger partial charge is 0.360 e. The van der Waals surface area contributed by atoms with Gasteiger partial charge < -0.3 is 20.4 Å². The van der Waals surface area contributed by atoms with Crippen molar-refractivity contribution in [2.24, 2.45) is 0 Å². The van der Waals surface area contributed by atoms with E-state index in [-0.39, 0.29) is 11.8 Å². The van der Waals surface area contributed by atoms with Gasteiger partial charge in [0, 0.05) is 26.2 Å². The molecular formula is C19H30N4O2. The molecule has 0 atom stereocenters. The molecule has 1 aromatic carbocycles. The first-order valence-corrected chi connectivity index (χ1v) is 9.28. The van der Waals surface area contributed by atoms with Crippen molar-refractivity contribution in [3.05, 3.63) is 24.3 Å². The van der Waals surface area contributed by atoms with E-state index in [1.807, 2.05) is 38.1 Å². The Morgan fingerprint density at radius 2 is 1.32 bits per heavy atom. The second-order valence-electron chi connectivity index (χ2n) is 6.39. The van der Waals surface area contributed by atoms with Crippen molar-refractivity contribution in [1.29, 1.82) is 0 Å². The maximum atomic E-state index is 12.1. The second kappa shape index (κ2) is 9.91. The highest BCUT2D eigenvalue weighted by molar-refractivity contribution is 5.86. The van der Waals surface area contributed by atoms with E-state index in [2.05, 4.69) is 20.4 Å². The van der Waals surface area contributed by atoms with E-state index in [9.17, 15) is 9.59 Å². The summed E-state index contributed by atoms with van der Waals surface area (Å²) in [5.74, 6) is 0.0941. The average Bonchev–Trinajstić information content (AvgIpc) is 2.78. The number of hydrogen-bond donors (Lipinski definition) is 2. The molecule has 6 nitrogen and oxygen atoms in total. The van der Waals surface area contributed by atoms with E-state index < -0.39 is 0 Å². The van der Waals surface area contributed by atoms with Gasteiger partial charge in [0.1, 0.15) is 0 Å². The van der Waals surface area contributed by atoms with Crippen LogP contribution in [0.2, 0.25) is 0 Å². The normalized spacial score (nSPS) is 13.8. The fourth-order valence-corrected chi connectivity index (χ4v) is 3.01. The molecule has 1 aromatic rings. The Morgan fingerprint density at radius 3 is 1.72 bits per heavy atom. The molecule has 1 heterocycles. The number of hydrogen-bond acceptors (Lipinski definition) is 4. The van der Waals surface area contributed by atoms with Crippen LogP contribution in [-0.2, 0) is 9.59 Å². The molecule has 2 N–H and O–H groups in total. The molecule has 2 amide bonds. The van der Waals surface area contributed by atoms with Crippen molar-refractivity contribution in [3.63, 3.8) is 0 Å². The van der Waals surface area contributed by atoms with Crippen molar-refractivity contribution in [1.82, 2.24) is 10.6 Å². The van der Waals surface area contributed by atoms with Crippen LogP contribution in [0.3, 0.4) is 0 Å². The Morgan fingerprint density at radius 1 is 0.880 bits per heavy atom. The lowest BCUT2D eigenvalue weighted by molar-refractivity contribution is -0.120. The van der Waals surface area contributed by atoms with Gasteiger partial charge in [0.2, 0.25) is 11.8 Å². The maximum absolute atomic E-state index is 12.1. The highest BCUT2D eigenvalue weighted by atomic mass is 16.2. The monoisotopic (exact) mass is 346 g/mol. The zero-order valence-electron chi connectivity index (χ0n) is 15.4. The van der Waals surface area contributed by atoms with Gasteiger partial charge in [0.05, 0.1) is 24.5 Å². The summed E-state index contributed by atoms with van der Waals surface area (Å²) in [4.78, 5) is 28.5. The molecule has 0 saturated heterocycles. The molecule has 1 aliphatic rings. The summed E-state index contributed by atoms with van der Waals surface area (Å²) in [6.45, 7) is 7.83. The number of nitrogens with zero attached hydrogens (tertiary/aromatic N) is 2. The minimum Gasteiger partial charge on any atom is -0.360 e. The van der Waals surface area contributed by atoms with E-state index in [0.717, 1.165) is 43.7 Å². The lowest BCUT2D eigenvalue weighted by atomic mass is 10.2. The first-order valence-electron chi connectivity index (χ1n) is 9.28. The molecule has 0 fully saturated rings. The van der Waals surface area contributed by atoms with E-state index in [0.29, 0.717) is 26.2 Å². The molecule has 0 aromatic heterocycles. The Bertz CT molecular complexity index is 527. The Balaban J connectivity index is 2.11. The molecule has 25 heavy (non-hydrogen) atoms. The van der Waals surface area contributed by atoms with E-state index in [4.69, 9.17) is 0 Å². The van der Waals surface area contributed by atoms with E-state index in [1.54, 1.807) is 0 Å². The number of rotatable bonds is 8. The van der Waals surface area contributed by atoms with Crippen LogP contribution in [0.15, 0.2) is 24.3 Å². The van der Waals surface area contributed by atoms with Crippen LogP contribution in [0.5, 0.6) is 0 Å². The van der Waals surface area contributed by atoms with Crippen molar-refractivity contribution in [3.8, 4) is 0 Å². The first-order chi connectivity index (χ1) is 12.2. The van der Waals surface area contributed by atoms with Gasteiger partial charge in [-0.15, -0.1) is 0 Å². The fraction of sp³-hybridized carbons (Fsp3) is 0.579. The molecule has 6 heteroatoms. The van der Waals surface area contributed by atoms with Gasteiger partial charge in [0.25, 0.3) is 0 Å². The molecule has 0 saturated carbocycles. The van der Waals surface area contributed by atoms with E-state index >= 15 is 0 Å². The minimum atomic E-state index is 0.0470. The van der Waals surface area contributed by atoms with Gasteiger partial charge in [-0.3, -0.25) is 9.59 Å². The Kier molecular flexibility index (Phi) is 7.57. The summed E-state index contributed by atoms with van der Waals surface area (Å²) in [5.41, 5.74) is 2.05. The van der Waals surface area contributed by atoms with Gasteiger partial charge in [-0.2, -0.15) is 0 Å². The van der Waals surface area contributed by atoms with Gasteiger partial charge >= 0.3 is 0 Å². The van der Waals surface area contributed by atoms with Gasteiger partial charge in [-0.05, 0) is 31.4 Å². The standard InChI is InChI=1S/C19H30N4O2/c1-3-10-20-18(24)14-22-12-7-13-23(15-19(25)21-11-4-2)17-9-6-5-8-16(17)22/h5-6,8-9H,3-4,7,10-15H2,1-2H3,(H,20,24)(H,21,25). The fourth-order valence-electron chi connectivity index (χ4n) is 3.01. The first kappa shape index (κ1) is 19.1. The summed E-state index contributed by atoms with van der Waals surface area (Å²) >= 11 is 0. The zero-order chi connectivity index (χ0) is 18.1. The number of fused-ring (bicyclic) bond motifs is 1. The third kappa shape index (κ3) is 5.66. The van der Waals surface area contributed by atoms with Crippen LogP contribution in [0, 0.1) is 0 Å². The Hall–Kier alpha value is -2.24. The number of carbonyl (C=O) groups excluding carboxylic acids is 2. The van der Waals surface area contributed by atoms with Crippen LogP contribution in [0.1, 0.15) is 33.1 Å². The molecule has 0 bridgehead atoms. The molecule has 138 valence electrons. The SMILES string of the molecule is CCCNC(=O)CN1CCCN(CC(=O)NCCC)c2ccccc21. The quantitative estimate of drug-likeness (QED) is 0.753. The molecular weight excluding hydrogens is 316 g/mol. The maximum Gasteiger partial charge on any atom is 0.239 e. The predicted molar refractivity (Wildman–Crippen MR) is 102 cm³/mol. The number of benzene rings is 1. The molecule has 2 rings (SSSR count). The number of nitrogens with one attached hydrogen (secondary N) is 2. The van der Waals surface area contributed by atoms with Crippen molar-refractivity contribution in [2.75, 3.05) is 49.1 Å². The predicted octanol–water partition coefficient (Wildman–Crippen LogP) is 1.76. The second-order valence-corrected chi connectivity index (χ2v) is 6.39. The van der Waals surface area contributed by atoms with Gasteiger partial charge in [-0.1, -0.05) is 26.0 Å². The minimum absolute atomic E-state index is 0.0470. The summed E-state index contributed by atoms with van der Waals surface area (Å²) in [7, 11) is 0. The molecule has 0 aliphatic carbocycles.